The van der Waals surface area contributed by atoms with E-state index in [1.807, 2.05) is 23.6 Å². The van der Waals surface area contributed by atoms with Crippen LogP contribution in [0.1, 0.15) is 25.3 Å². The second-order valence-corrected chi connectivity index (χ2v) is 6.54. The monoisotopic (exact) mass is 322 g/mol. The van der Waals surface area contributed by atoms with Gasteiger partial charge in [0.2, 0.25) is 0 Å². The molecule has 0 atom stereocenters. The lowest BCUT2D eigenvalue weighted by atomic mass is 10.3. The summed E-state index contributed by atoms with van der Waals surface area (Å²) < 4.78 is 0. The van der Waals surface area contributed by atoms with E-state index < -0.39 is 5.97 Å². The van der Waals surface area contributed by atoms with E-state index in [0.717, 1.165) is 15.4 Å². The van der Waals surface area contributed by atoms with Gasteiger partial charge in [-0.15, -0.1) is 22.7 Å². The molecule has 2 aromatic heterocycles. The van der Waals surface area contributed by atoms with E-state index in [0.29, 0.717) is 5.01 Å². The zero-order valence-electron chi connectivity index (χ0n) is 11.6. The van der Waals surface area contributed by atoms with Gasteiger partial charge in [-0.05, 0) is 24.3 Å². The molecule has 7 heteroatoms. The molecule has 0 bridgehead atoms. The third kappa shape index (κ3) is 4.24. The minimum Gasteiger partial charge on any atom is -0.481 e. The van der Waals surface area contributed by atoms with E-state index in [-0.39, 0.29) is 12.3 Å². The maximum atomic E-state index is 11.7. The van der Waals surface area contributed by atoms with Crippen molar-refractivity contribution in [1.82, 2.24) is 9.88 Å². The molecule has 0 unspecified atom stereocenters. The van der Waals surface area contributed by atoms with E-state index in [4.69, 9.17) is 5.11 Å². The number of thiazole rings is 1. The van der Waals surface area contributed by atoms with Gasteiger partial charge in [0.15, 0.2) is 5.01 Å². The fraction of sp³-hybridized carbons (Fsp3) is 0.214. The molecule has 0 spiro atoms. The average molecular weight is 322 g/mol. The summed E-state index contributed by atoms with van der Waals surface area (Å²) in [5.74, 6) is -0.946. The number of hydrogen-bond acceptors (Lipinski definition) is 5. The molecule has 0 radical (unpaired) electrons. The van der Waals surface area contributed by atoms with Gasteiger partial charge < -0.3 is 10.0 Å². The van der Waals surface area contributed by atoms with Crippen molar-refractivity contribution in [2.75, 3.05) is 14.1 Å². The van der Waals surface area contributed by atoms with Crippen molar-refractivity contribution in [3.8, 4) is 0 Å². The number of carboxylic acid groups (broad SMARTS) is 1. The predicted octanol–water partition coefficient (Wildman–Crippen LogP) is 2.70. The Labute approximate surface area is 130 Å². The predicted molar refractivity (Wildman–Crippen MR) is 84.7 cm³/mol. The van der Waals surface area contributed by atoms with E-state index in [1.54, 1.807) is 20.2 Å². The van der Waals surface area contributed by atoms with E-state index in [2.05, 4.69) is 4.98 Å². The number of carbonyl (C=O) groups is 2. The van der Waals surface area contributed by atoms with Gasteiger partial charge in [-0.25, -0.2) is 4.98 Å². The number of nitrogens with zero attached hydrogens (tertiary/aromatic N) is 2. The van der Waals surface area contributed by atoms with Crippen molar-refractivity contribution in [1.29, 1.82) is 0 Å². The summed E-state index contributed by atoms with van der Waals surface area (Å²) in [6.07, 6.45) is 3.73. The number of carbonyl (C=O) groups excluding carboxylic acids is 1. The Morgan fingerprint density at radius 2 is 2.10 bits per heavy atom. The van der Waals surface area contributed by atoms with Crippen molar-refractivity contribution in [2.24, 2.45) is 0 Å². The van der Waals surface area contributed by atoms with Crippen LogP contribution in [0.4, 0.5) is 0 Å². The molecule has 110 valence electrons. The SMILES string of the molecule is CN(C)C(=O)c1nc(/C=C/c2ccc(CC(=O)O)s2)cs1. The van der Waals surface area contributed by atoms with Crippen LogP contribution in [0.3, 0.4) is 0 Å². The Bertz CT molecular complexity index is 686. The van der Waals surface area contributed by atoms with E-state index in [9.17, 15) is 9.59 Å². The van der Waals surface area contributed by atoms with Crippen molar-refractivity contribution in [2.45, 2.75) is 6.42 Å². The second kappa shape index (κ2) is 6.64. The molecular formula is C14H14N2O3S2. The maximum absolute atomic E-state index is 11.7. The minimum atomic E-state index is -0.835. The van der Waals surface area contributed by atoms with Gasteiger partial charge in [-0.3, -0.25) is 9.59 Å². The summed E-state index contributed by atoms with van der Waals surface area (Å²) in [6.45, 7) is 0. The summed E-state index contributed by atoms with van der Waals surface area (Å²) in [7, 11) is 3.38. The summed E-state index contributed by atoms with van der Waals surface area (Å²) in [5.41, 5.74) is 0.721. The Balaban J connectivity index is 2.06. The lowest BCUT2D eigenvalue weighted by Gasteiger charge is -2.05. The van der Waals surface area contributed by atoms with Crippen molar-refractivity contribution < 1.29 is 14.7 Å². The highest BCUT2D eigenvalue weighted by atomic mass is 32.1. The second-order valence-electron chi connectivity index (χ2n) is 4.49. The van der Waals surface area contributed by atoms with Crippen molar-refractivity contribution in [3.63, 3.8) is 0 Å². The summed E-state index contributed by atoms with van der Waals surface area (Å²) in [6, 6.07) is 3.68. The van der Waals surface area contributed by atoms with E-state index in [1.165, 1.54) is 27.6 Å². The first-order chi connectivity index (χ1) is 9.95. The molecule has 0 saturated carbocycles. The molecule has 2 heterocycles. The fourth-order valence-electron chi connectivity index (χ4n) is 1.55. The van der Waals surface area contributed by atoms with Gasteiger partial charge in [0.25, 0.3) is 5.91 Å². The van der Waals surface area contributed by atoms with Crippen molar-refractivity contribution >= 4 is 46.7 Å². The molecule has 0 saturated heterocycles. The summed E-state index contributed by atoms with van der Waals surface area (Å²) >= 11 is 2.74. The molecule has 1 N–H and O–H groups in total. The molecule has 1 amide bonds. The zero-order valence-corrected chi connectivity index (χ0v) is 13.2. The number of hydrogen-bond donors (Lipinski definition) is 1. The normalized spacial score (nSPS) is 11.0. The molecule has 21 heavy (non-hydrogen) atoms. The van der Waals surface area contributed by atoms with Gasteiger partial charge in [0.1, 0.15) is 0 Å². The molecule has 2 aromatic rings. The first-order valence-corrected chi connectivity index (χ1v) is 7.81. The van der Waals surface area contributed by atoms with Crippen LogP contribution < -0.4 is 0 Å². The minimum absolute atomic E-state index is 0.0384. The topological polar surface area (TPSA) is 70.5 Å². The lowest BCUT2D eigenvalue weighted by molar-refractivity contribution is -0.136. The van der Waals surface area contributed by atoms with Gasteiger partial charge in [0.05, 0.1) is 12.1 Å². The quantitative estimate of drug-likeness (QED) is 0.919. The van der Waals surface area contributed by atoms with Crippen LogP contribution in [0.2, 0.25) is 0 Å². The fourth-order valence-corrected chi connectivity index (χ4v) is 3.26. The van der Waals surface area contributed by atoms with Gasteiger partial charge in [-0.2, -0.15) is 0 Å². The Morgan fingerprint density at radius 3 is 2.76 bits per heavy atom. The van der Waals surface area contributed by atoms with Crippen LogP contribution in [0.25, 0.3) is 12.2 Å². The number of aromatic nitrogens is 1. The smallest absolute Gasteiger partial charge is 0.308 e. The number of rotatable bonds is 5. The average Bonchev–Trinajstić information content (AvgIpc) is 3.03. The van der Waals surface area contributed by atoms with Gasteiger partial charge in [-0.1, -0.05) is 0 Å². The number of thiophene rings is 1. The molecule has 5 nitrogen and oxygen atoms in total. The molecule has 2 rings (SSSR count). The van der Waals surface area contributed by atoms with Crippen LogP contribution in [-0.2, 0) is 11.2 Å². The Hall–Kier alpha value is -1.99. The molecule has 0 aliphatic heterocycles. The third-order valence-corrected chi connectivity index (χ3v) is 4.44. The molecule has 0 fully saturated rings. The first-order valence-electron chi connectivity index (χ1n) is 6.11. The standard InChI is InChI=1S/C14H14N2O3S2/c1-16(2)14(19)13-15-9(8-20-13)3-4-10-5-6-11(21-10)7-12(17)18/h3-6,8H,7H2,1-2H3,(H,17,18)/b4-3+. The van der Waals surface area contributed by atoms with Gasteiger partial charge >= 0.3 is 5.97 Å². The highest BCUT2D eigenvalue weighted by molar-refractivity contribution is 7.13. The number of carboxylic acids is 1. The number of aliphatic carboxylic acids is 1. The van der Waals surface area contributed by atoms with Crippen LogP contribution in [0.5, 0.6) is 0 Å². The Kier molecular flexibility index (Phi) is 4.87. The van der Waals surface area contributed by atoms with E-state index >= 15 is 0 Å². The molecular weight excluding hydrogens is 308 g/mol. The lowest BCUT2D eigenvalue weighted by Crippen LogP contribution is -2.21. The van der Waals surface area contributed by atoms with Crippen LogP contribution in [0, 0.1) is 0 Å². The van der Waals surface area contributed by atoms with Crippen molar-refractivity contribution in [3.05, 3.63) is 38.0 Å². The molecule has 0 aliphatic carbocycles. The molecule has 0 aliphatic rings. The zero-order chi connectivity index (χ0) is 15.4. The van der Waals surface area contributed by atoms with Crippen LogP contribution >= 0.6 is 22.7 Å². The highest BCUT2D eigenvalue weighted by Crippen LogP contribution is 2.20. The highest BCUT2D eigenvalue weighted by Gasteiger charge is 2.11. The van der Waals surface area contributed by atoms with Gasteiger partial charge in [0, 0.05) is 29.2 Å². The Morgan fingerprint density at radius 1 is 1.33 bits per heavy atom. The maximum Gasteiger partial charge on any atom is 0.308 e. The third-order valence-electron chi connectivity index (χ3n) is 2.54. The van der Waals surface area contributed by atoms with Crippen LogP contribution in [-0.4, -0.2) is 41.0 Å². The first kappa shape index (κ1) is 15.4. The number of amides is 1. The molecule has 0 aromatic carbocycles. The summed E-state index contributed by atoms with van der Waals surface area (Å²) in [5, 5.41) is 11.0. The van der Waals surface area contributed by atoms with Crippen LogP contribution in [0.15, 0.2) is 17.5 Å². The largest absolute Gasteiger partial charge is 0.481 e. The summed E-state index contributed by atoms with van der Waals surface area (Å²) in [4.78, 5) is 29.9.